The molecule has 7 heteroatoms. The first-order chi connectivity index (χ1) is 8.99. The zero-order chi connectivity index (χ0) is 14.0. The fourth-order valence-electron chi connectivity index (χ4n) is 1.52. The molecule has 0 spiro atoms. The van der Waals surface area contributed by atoms with Gasteiger partial charge in [-0.2, -0.15) is 0 Å². The van der Waals surface area contributed by atoms with Crippen LogP contribution in [0.25, 0.3) is 0 Å². The number of rotatable bonds is 4. The van der Waals surface area contributed by atoms with Crippen LogP contribution in [0.5, 0.6) is 0 Å². The molecule has 0 fully saturated rings. The Hall–Kier alpha value is -1.50. The predicted octanol–water partition coefficient (Wildman–Crippen LogP) is 2.61. The average Bonchev–Trinajstić information content (AvgIpc) is 2.82. The van der Waals surface area contributed by atoms with Crippen LogP contribution in [0.2, 0.25) is 5.02 Å². The van der Waals surface area contributed by atoms with Gasteiger partial charge in [0, 0.05) is 11.8 Å². The Labute approximate surface area is 117 Å². The smallest absolute Gasteiger partial charge is 0.326 e. The monoisotopic (exact) mass is 300 g/mol. The molecule has 1 aromatic carbocycles. The zero-order valence-corrected chi connectivity index (χ0v) is 11.2. The molecule has 1 aromatic heterocycles. The summed E-state index contributed by atoms with van der Waals surface area (Å²) < 4.78 is 13.7. The second-order valence-electron chi connectivity index (χ2n) is 3.87. The standard InChI is InChI=1S/C12H10ClFN2O2S/c13-7-3-1-2-6(10(7)14)4-9-16-8(5-19-9)11(15)12(17)18/h1-3,5,11H,4,15H2,(H,17,18). The van der Waals surface area contributed by atoms with Crippen molar-refractivity contribution in [2.45, 2.75) is 12.5 Å². The molecule has 2 aromatic rings. The van der Waals surface area contributed by atoms with Gasteiger partial charge in [0.1, 0.15) is 11.9 Å². The molecular formula is C12H10ClFN2O2S. The van der Waals surface area contributed by atoms with Gasteiger partial charge in [-0.15, -0.1) is 11.3 Å². The largest absolute Gasteiger partial charge is 0.480 e. The normalized spacial score (nSPS) is 12.4. The summed E-state index contributed by atoms with van der Waals surface area (Å²) in [5.41, 5.74) is 6.14. The first-order valence-electron chi connectivity index (χ1n) is 5.34. The van der Waals surface area contributed by atoms with Crippen LogP contribution in [-0.4, -0.2) is 16.1 Å². The third-order valence-corrected chi connectivity index (χ3v) is 3.69. The first-order valence-corrected chi connectivity index (χ1v) is 6.60. The zero-order valence-electron chi connectivity index (χ0n) is 9.64. The summed E-state index contributed by atoms with van der Waals surface area (Å²) in [6.07, 6.45) is 0.253. The highest BCUT2D eigenvalue weighted by Crippen LogP contribution is 2.23. The van der Waals surface area contributed by atoms with Crippen molar-refractivity contribution in [3.8, 4) is 0 Å². The molecule has 2 rings (SSSR count). The van der Waals surface area contributed by atoms with Crippen LogP contribution in [-0.2, 0) is 11.2 Å². The quantitative estimate of drug-likeness (QED) is 0.910. The Morgan fingerprint density at radius 1 is 1.58 bits per heavy atom. The summed E-state index contributed by atoms with van der Waals surface area (Å²) in [7, 11) is 0. The minimum Gasteiger partial charge on any atom is -0.480 e. The second-order valence-corrected chi connectivity index (χ2v) is 5.22. The summed E-state index contributed by atoms with van der Waals surface area (Å²) >= 11 is 6.93. The maximum absolute atomic E-state index is 13.7. The number of carbonyl (C=O) groups is 1. The molecule has 0 aliphatic rings. The Kier molecular flexibility index (Phi) is 4.14. The van der Waals surface area contributed by atoms with Crippen molar-refractivity contribution in [3.05, 3.63) is 50.7 Å². The van der Waals surface area contributed by atoms with E-state index in [1.165, 1.54) is 17.4 Å². The van der Waals surface area contributed by atoms with Gasteiger partial charge in [-0.25, -0.2) is 9.37 Å². The van der Waals surface area contributed by atoms with Gasteiger partial charge < -0.3 is 10.8 Å². The number of halogens is 2. The number of hydrogen-bond donors (Lipinski definition) is 2. The van der Waals surface area contributed by atoms with Crippen LogP contribution in [0.15, 0.2) is 23.6 Å². The molecule has 0 saturated carbocycles. The lowest BCUT2D eigenvalue weighted by molar-refractivity contribution is -0.138. The number of carboxylic acid groups (broad SMARTS) is 1. The lowest BCUT2D eigenvalue weighted by atomic mass is 10.1. The van der Waals surface area contributed by atoms with Gasteiger partial charge in [-0.3, -0.25) is 4.79 Å². The van der Waals surface area contributed by atoms with E-state index < -0.39 is 17.8 Å². The first kappa shape index (κ1) is 13.9. The molecule has 0 amide bonds. The van der Waals surface area contributed by atoms with Gasteiger partial charge in [-0.1, -0.05) is 23.7 Å². The van der Waals surface area contributed by atoms with Crippen molar-refractivity contribution in [1.82, 2.24) is 4.98 Å². The summed E-state index contributed by atoms with van der Waals surface area (Å²) in [6.45, 7) is 0. The molecule has 0 radical (unpaired) electrons. The molecule has 100 valence electrons. The molecule has 1 atom stereocenters. The highest BCUT2D eigenvalue weighted by Gasteiger charge is 2.18. The molecule has 19 heavy (non-hydrogen) atoms. The topological polar surface area (TPSA) is 76.2 Å². The van der Waals surface area contributed by atoms with Gasteiger partial charge >= 0.3 is 5.97 Å². The van der Waals surface area contributed by atoms with Crippen molar-refractivity contribution in [3.63, 3.8) is 0 Å². The van der Waals surface area contributed by atoms with E-state index in [-0.39, 0.29) is 17.1 Å². The lowest BCUT2D eigenvalue weighted by Gasteiger charge is -2.03. The van der Waals surface area contributed by atoms with E-state index in [2.05, 4.69) is 4.98 Å². The second kappa shape index (κ2) is 5.64. The van der Waals surface area contributed by atoms with Crippen molar-refractivity contribution >= 4 is 28.9 Å². The van der Waals surface area contributed by atoms with Crippen LogP contribution in [0, 0.1) is 5.82 Å². The van der Waals surface area contributed by atoms with Crippen molar-refractivity contribution < 1.29 is 14.3 Å². The third-order valence-electron chi connectivity index (χ3n) is 2.53. The molecular weight excluding hydrogens is 291 g/mol. The maximum Gasteiger partial charge on any atom is 0.326 e. The van der Waals surface area contributed by atoms with Crippen molar-refractivity contribution in [1.29, 1.82) is 0 Å². The Morgan fingerprint density at radius 3 is 3.00 bits per heavy atom. The summed E-state index contributed by atoms with van der Waals surface area (Å²) in [4.78, 5) is 14.8. The number of aromatic nitrogens is 1. The number of nitrogens with two attached hydrogens (primary N) is 1. The van der Waals surface area contributed by atoms with E-state index in [9.17, 15) is 9.18 Å². The van der Waals surface area contributed by atoms with E-state index in [4.69, 9.17) is 22.4 Å². The van der Waals surface area contributed by atoms with Gasteiger partial charge in [0.05, 0.1) is 15.7 Å². The van der Waals surface area contributed by atoms with Crippen LogP contribution in [0.1, 0.15) is 22.3 Å². The fraction of sp³-hybridized carbons (Fsp3) is 0.167. The van der Waals surface area contributed by atoms with Crippen LogP contribution >= 0.6 is 22.9 Å². The van der Waals surface area contributed by atoms with Gasteiger partial charge in [0.15, 0.2) is 0 Å². The van der Waals surface area contributed by atoms with Crippen LogP contribution in [0.4, 0.5) is 4.39 Å². The van der Waals surface area contributed by atoms with E-state index in [0.717, 1.165) is 0 Å². The minimum atomic E-state index is -1.16. The molecule has 0 bridgehead atoms. The third kappa shape index (κ3) is 3.09. The van der Waals surface area contributed by atoms with Gasteiger partial charge in [-0.05, 0) is 11.6 Å². The predicted molar refractivity (Wildman–Crippen MR) is 70.9 cm³/mol. The van der Waals surface area contributed by atoms with E-state index in [1.807, 2.05) is 0 Å². The molecule has 4 nitrogen and oxygen atoms in total. The number of aliphatic carboxylic acids is 1. The lowest BCUT2D eigenvalue weighted by Crippen LogP contribution is -2.20. The highest BCUT2D eigenvalue weighted by atomic mass is 35.5. The number of hydrogen-bond acceptors (Lipinski definition) is 4. The molecule has 0 aliphatic carbocycles. The number of benzene rings is 1. The molecule has 1 unspecified atom stereocenters. The number of thiazole rings is 1. The molecule has 0 aliphatic heterocycles. The van der Waals surface area contributed by atoms with Crippen LogP contribution in [0.3, 0.4) is 0 Å². The van der Waals surface area contributed by atoms with E-state index in [0.29, 0.717) is 10.6 Å². The van der Waals surface area contributed by atoms with E-state index >= 15 is 0 Å². The van der Waals surface area contributed by atoms with Crippen molar-refractivity contribution in [2.75, 3.05) is 0 Å². The maximum atomic E-state index is 13.7. The summed E-state index contributed by atoms with van der Waals surface area (Å²) in [5, 5.41) is 11.0. The van der Waals surface area contributed by atoms with Gasteiger partial charge in [0.2, 0.25) is 0 Å². The number of carboxylic acids is 1. The molecule has 3 N–H and O–H groups in total. The summed E-state index contributed by atoms with van der Waals surface area (Å²) in [6, 6.07) is 3.57. The van der Waals surface area contributed by atoms with Crippen LogP contribution < -0.4 is 5.73 Å². The summed E-state index contributed by atoms with van der Waals surface area (Å²) in [5.74, 6) is -1.63. The molecule has 1 heterocycles. The highest BCUT2D eigenvalue weighted by molar-refractivity contribution is 7.09. The Bertz CT molecular complexity index is 618. The Balaban J connectivity index is 2.20. The SMILES string of the molecule is NC(C(=O)O)c1csc(Cc2cccc(Cl)c2F)n1. The average molecular weight is 301 g/mol. The molecule has 0 saturated heterocycles. The van der Waals surface area contributed by atoms with Gasteiger partial charge in [0.25, 0.3) is 0 Å². The fourth-order valence-corrected chi connectivity index (χ4v) is 2.57. The Morgan fingerprint density at radius 2 is 2.32 bits per heavy atom. The number of nitrogens with zero attached hydrogens (tertiary/aromatic N) is 1. The minimum absolute atomic E-state index is 0.0523. The van der Waals surface area contributed by atoms with E-state index in [1.54, 1.807) is 17.5 Å². The van der Waals surface area contributed by atoms with Crippen molar-refractivity contribution in [2.24, 2.45) is 5.73 Å².